The van der Waals surface area contributed by atoms with Crippen LogP contribution in [0.4, 0.5) is 0 Å². The minimum Gasteiger partial charge on any atom is -0.320 e. The Morgan fingerprint density at radius 1 is 1.12 bits per heavy atom. The number of quaternary nitrogens is 1. The van der Waals surface area contributed by atoms with E-state index in [1.165, 1.54) is 51.6 Å². The minimum absolute atomic E-state index is 0.393. The average molecular weight is 246 g/mol. The summed E-state index contributed by atoms with van der Waals surface area (Å²) >= 11 is 6.15. The van der Waals surface area contributed by atoms with Crippen molar-refractivity contribution in [3.63, 3.8) is 0 Å². The molecule has 0 bridgehead atoms. The van der Waals surface area contributed by atoms with Crippen LogP contribution in [0.15, 0.2) is 0 Å². The number of likely N-dealkylation sites (tertiary alicyclic amines) is 1. The van der Waals surface area contributed by atoms with Crippen molar-refractivity contribution in [3.05, 3.63) is 0 Å². The highest BCUT2D eigenvalue weighted by Crippen LogP contribution is 2.26. The molecule has 3 heteroatoms. The smallest absolute Gasteiger partial charge is 0.138 e. The van der Waals surface area contributed by atoms with Crippen LogP contribution in [-0.4, -0.2) is 24.6 Å². The number of piperidine rings is 1. The molecule has 2 fully saturated rings. The monoisotopic (exact) mass is 245 g/mol. The second-order valence-corrected chi connectivity index (χ2v) is 6.59. The van der Waals surface area contributed by atoms with Crippen LogP contribution in [0.3, 0.4) is 0 Å². The van der Waals surface area contributed by atoms with Gasteiger partial charge in [0.2, 0.25) is 0 Å². The van der Waals surface area contributed by atoms with E-state index < -0.39 is 0 Å². The molecule has 3 atom stereocenters. The summed E-state index contributed by atoms with van der Waals surface area (Å²) in [6.45, 7) is 4.93. The summed E-state index contributed by atoms with van der Waals surface area (Å²) in [5.74, 6) is 1.74. The lowest BCUT2D eigenvalue weighted by Gasteiger charge is -2.36. The van der Waals surface area contributed by atoms with E-state index in [2.05, 4.69) is 6.92 Å². The fourth-order valence-corrected chi connectivity index (χ4v) is 3.55. The molecular formula is C13H26ClN2+. The molecular weight excluding hydrogens is 220 g/mol. The first-order valence-electron chi connectivity index (χ1n) is 6.89. The molecule has 0 spiro atoms. The minimum atomic E-state index is 0.393. The number of nitrogens with two attached hydrogens (primary N) is 1. The first-order valence-corrected chi connectivity index (χ1v) is 7.33. The van der Waals surface area contributed by atoms with Gasteiger partial charge in [-0.3, -0.25) is 5.73 Å². The largest absolute Gasteiger partial charge is 0.320 e. The van der Waals surface area contributed by atoms with Gasteiger partial charge in [-0.05, 0) is 32.1 Å². The van der Waals surface area contributed by atoms with Crippen molar-refractivity contribution in [2.75, 3.05) is 13.1 Å². The number of alkyl halides is 1. The van der Waals surface area contributed by atoms with E-state index in [0.29, 0.717) is 11.5 Å². The van der Waals surface area contributed by atoms with Gasteiger partial charge in [0.25, 0.3) is 0 Å². The van der Waals surface area contributed by atoms with Crippen molar-refractivity contribution in [1.82, 2.24) is 0 Å². The van der Waals surface area contributed by atoms with Crippen molar-refractivity contribution in [2.24, 2.45) is 17.6 Å². The second-order valence-electron chi connectivity index (χ2n) is 5.97. The quantitative estimate of drug-likeness (QED) is 0.708. The lowest BCUT2D eigenvalue weighted by Crippen LogP contribution is -3.19. The number of hydrogen-bond acceptors (Lipinski definition) is 1. The van der Waals surface area contributed by atoms with Crippen LogP contribution in [0.2, 0.25) is 0 Å². The molecule has 0 aromatic carbocycles. The molecule has 2 nitrogen and oxygen atoms in total. The van der Waals surface area contributed by atoms with Crippen molar-refractivity contribution < 1.29 is 4.90 Å². The molecule has 1 aliphatic carbocycles. The highest BCUT2D eigenvalue weighted by molar-refractivity contribution is 6.20. The van der Waals surface area contributed by atoms with Crippen molar-refractivity contribution in [2.45, 2.75) is 57.0 Å². The Hall–Kier alpha value is 0.210. The van der Waals surface area contributed by atoms with Gasteiger partial charge >= 0.3 is 0 Å². The molecule has 1 heterocycles. The summed E-state index contributed by atoms with van der Waals surface area (Å²) in [5.41, 5.74) is 6.22. The fourth-order valence-electron chi connectivity index (χ4n) is 3.30. The maximum absolute atomic E-state index is 6.22. The van der Waals surface area contributed by atoms with Crippen LogP contribution in [0.25, 0.3) is 0 Å². The highest BCUT2D eigenvalue weighted by Gasteiger charge is 2.30. The van der Waals surface area contributed by atoms with Gasteiger partial charge in [-0.1, -0.05) is 6.92 Å². The summed E-state index contributed by atoms with van der Waals surface area (Å²) < 4.78 is 0. The lowest BCUT2D eigenvalue weighted by atomic mass is 9.87. The summed E-state index contributed by atoms with van der Waals surface area (Å²) in [4.78, 5) is 1.65. The average Bonchev–Trinajstić information content (AvgIpc) is 2.27. The third-order valence-electron chi connectivity index (χ3n) is 4.43. The zero-order chi connectivity index (χ0) is 11.5. The molecule has 0 aromatic heterocycles. The Kier molecular flexibility index (Phi) is 4.51. The zero-order valence-corrected chi connectivity index (χ0v) is 11.2. The normalized spacial score (nSPS) is 45.6. The summed E-state index contributed by atoms with van der Waals surface area (Å²) in [6.07, 6.45) is 7.98. The lowest BCUT2D eigenvalue weighted by molar-refractivity contribution is -0.937. The summed E-state index contributed by atoms with van der Waals surface area (Å²) in [7, 11) is 0. The molecule has 2 rings (SSSR count). The molecule has 3 N–H and O–H groups in total. The first kappa shape index (κ1) is 12.7. The Morgan fingerprint density at radius 3 is 2.50 bits per heavy atom. The van der Waals surface area contributed by atoms with Gasteiger partial charge in [-0.15, -0.1) is 11.6 Å². The molecule has 0 amide bonds. The van der Waals surface area contributed by atoms with Gasteiger partial charge in [-0.25, -0.2) is 0 Å². The van der Waals surface area contributed by atoms with Crippen molar-refractivity contribution in [3.8, 4) is 0 Å². The van der Waals surface area contributed by atoms with Crippen LogP contribution in [0.5, 0.6) is 0 Å². The maximum Gasteiger partial charge on any atom is 0.138 e. The third-order valence-corrected chi connectivity index (χ3v) is 4.87. The van der Waals surface area contributed by atoms with Crippen LogP contribution in [-0.2, 0) is 0 Å². The second kappa shape index (κ2) is 5.70. The molecule has 1 aliphatic heterocycles. The SMILES string of the molecule is CC1CCC(N)[NH+](CC2CCC(Cl)CC2)C1. The number of halogens is 1. The van der Waals surface area contributed by atoms with Gasteiger partial charge < -0.3 is 4.90 Å². The predicted octanol–water partition coefficient (Wildman–Crippen LogP) is 1.38. The van der Waals surface area contributed by atoms with Crippen molar-refractivity contribution in [1.29, 1.82) is 0 Å². The third kappa shape index (κ3) is 3.35. The van der Waals surface area contributed by atoms with E-state index in [1.54, 1.807) is 4.90 Å². The molecule has 1 saturated heterocycles. The van der Waals surface area contributed by atoms with Gasteiger partial charge in [0, 0.05) is 23.6 Å². The number of nitrogens with one attached hydrogen (secondary N) is 1. The maximum atomic E-state index is 6.22. The van der Waals surface area contributed by atoms with E-state index in [4.69, 9.17) is 17.3 Å². The fraction of sp³-hybridized carbons (Fsp3) is 1.00. The molecule has 2 aliphatic rings. The van der Waals surface area contributed by atoms with Gasteiger partial charge in [-0.2, -0.15) is 0 Å². The number of hydrogen-bond donors (Lipinski definition) is 2. The first-order chi connectivity index (χ1) is 7.65. The Morgan fingerprint density at radius 2 is 1.81 bits per heavy atom. The van der Waals surface area contributed by atoms with Gasteiger partial charge in [0.15, 0.2) is 0 Å². The molecule has 1 saturated carbocycles. The molecule has 0 radical (unpaired) electrons. The van der Waals surface area contributed by atoms with Crippen molar-refractivity contribution >= 4 is 11.6 Å². The van der Waals surface area contributed by atoms with E-state index in [9.17, 15) is 0 Å². The topological polar surface area (TPSA) is 30.5 Å². The Bertz CT molecular complexity index is 214. The standard InChI is InChI=1S/C13H25ClN2/c1-10-2-7-13(15)16(8-10)9-11-3-5-12(14)6-4-11/h10-13H,2-9,15H2,1H3/p+1. The molecule has 0 aromatic rings. The Balaban J connectivity index is 1.79. The Labute approximate surface area is 105 Å². The van der Waals surface area contributed by atoms with Crippen LogP contribution < -0.4 is 10.6 Å². The van der Waals surface area contributed by atoms with Gasteiger partial charge in [0.1, 0.15) is 6.17 Å². The molecule has 94 valence electrons. The number of rotatable bonds is 2. The van der Waals surface area contributed by atoms with E-state index in [-0.39, 0.29) is 0 Å². The predicted molar refractivity (Wildman–Crippen MR) is 68.7 cm³/mol. The van der Waals surface area contributed by atoms with Crippen LogP contribution >= 0.6 is 11.6 Å². The van der Waals surface area contributed by atoms with Gasteiger partial charge in [0.05, 0.1) is 13.1 Å². The van der Waals surface area contributed by atoms with E-state index >= 15 is 0 Å². The van der Waals surface area contributed by atoms with E-state index in [0.717, 1.165) is 11.8 Å². The van der Waals surface area contributed by atoms with Crippen LogP contribution in [0.1, 0.15) is 45.4 Å². The summed E-state index contributed by atoms with van der Waals surface area (Å²) in [5, 5.41) is 0.445. The van der Waals surface area contributed by atoms with E-state index in [1.807, 2.05) is 0 Å². The summed E-state index contributed by atoms with van der Waals surface area (Å²) in [6, 6.07) is 0. The van der Waals surface area contributed by atoms with Crippen LogP contribution in [0, 0.1) is 11.8 Å². The molecule has 16 heavy (non-hydrogen) atoms. The zero-order valence-electron chi connectivity index (χ0n) is 10.4. The molecule has 3 unspecified atom stereocenters. The highest BCUT2D eigenvalue weighted by atomic mass is 35.5.